The fraction of sp³-hybridized carbons (Fsp3) is 0.167. The first-order chi connectivity index (χ1) is 8.17. The standard InChI is InChI=1S/C12H11Cl2N3/c1-2-11-16-10(14)7-12(17-11)15-9-5-3-4-8(13)6-9/h3-7H,2H2,1H3,(H,15,16,17). The maximum absolute atomic E-state index is 5.91. The molecule has 0 fully saturated rings. The van der Waals surface area contributed by atoms with Gasteiger partial charge in [0.15, 0.2) is 0 Å². The first-order valence-corrected chi connectivity index (χ1v) is 5.99. The van der Waals surface area contributed by atoms with Gasteiger partial charge in [0.25, 0.3) is 0 Å². The number of benzene rings is 1. The number of rotatable bonds is 3. The highest BCUT2D eigenvalue weighted by Gasteiger charge is 2.02. The summed E-state index contributed by atoms with van der Waals surface area (Å²) < 4.78 is 0. The molecule has 3 nitrogen and oxygen atoms in total. The molecule has 88 valence electrons. The summed E-state index contributed by atoms with van der Waals surface area (Å²) in [5, 5.41) is 4.24. The van der Waals surface area contributed by atoms with Crippen LogP contribution in [0.15, 0.2) is 30.3 Å². The maximum atomic E-state index is 5.91. The van der Waals surface area contributed by atoms with E-state index in [1.807, 2.05) is 31.2 Å². The maximum Gasteiger partial charge on any atom is 0.135 e. The molecule has 0 atom stereocenters. The van der Waals surface area contributed by atoms with Crippen molar-refractivity contribution in [3.05, 3.63) is 46.3 Å². The molecule has 1 aromatic carbocycles. The van der Waals surface area contributed by atoms with E-state index in [1.165, 1.54) is 0 Å². The highest BCUT2D eigenvalue weighted by Crippen LogP contribution is 2.20. The van der Waals surface area contributed by atoms with Gasteiger partial charge in [-0.3, -0.25) is 0 Å². The van der Waals surface area contributed by atoms with Crippen LogP contribution in [0.25, 0.3) is 0 Å². The molecule has 1 aromatic heterocycles. The van der Waals surface area contributed by atoms with E-state index >= 15 is 0 Å². The number of anilines is 2. The zero-order chi connectivity index (χ0) is 12.3. The Balaban J connectivity index is 2.26. The second-order valence-corrected chi connectivity index (χ2v) is 4.30. The smallest absolute Gasteiger partial charge is 0.135 e. The molecule has 17 heavy (non-hydrogen) atoms. The fourth-order valence-electron chi connectivity index (χ4n) is 1.40. The molecule has 0 amide bonds. The third-order valence-corrected chi connectivity index (χ3v) is 2.58. The largest absolute Gasteiger partial charge is 0.340 e. The van der Waals surface area contributed by atoms with Crippen LogP contribution in [0, 0.1) is 0 Å². The second-order valence-electron chi connectivity index (χ2n) is 3.48. The van der Waals surface area contributed by atoms with Gasteiger partial charge >= 0.3 is 0 Å². The molecule has 0 saturated heterocycles. The predicted octanol–water partition coefficient (Wildman–Crippen LogP) is 4.09. The lowest BCUT2D eigenvalue weighted by Crippen LogP contribution is -1.99. The first kappa shape index (κ1) is 12.1. The Kier molecular flexibility index (Phi) is 3.82. The number of halogens is 2. The third-order valence-electron chi connectivity index (χ3n) is 2.15. The molecule has 0 bridgehead atoms. The fourth-order valence-corrected chi connectivity index (χ4v) is 1.79. The lowest BCUT2D eigenvalue weighted by Gasteiger charge is -2.07. The summed E-state index contributed by atoms with van der Waals surface area (Å²) in [5.74, 6) is 1.38. The average molecular weight is 268 g/mol. The normalized spacial score (nSPS) is 10.3. The van der Waals surface area contributed by atoms with Gasteiger partial charge < -0.3 is 5.32 Å². The molecular weight excluding hydrogens is 257 g/mol. The molecule has 0 aliphatic heterocycles. The number of hydrogen-bond acceptors (Lipinski definition) is 3. The lowest BCUT2D eigenvalue weighted by atomic mass is 10.3. The highest BCUT2D eigenvalue weighted by atomic mass is 35.5. The molecule has 0 radical (unpaired) electrons. The van der Waals surface area contributed by atoms with Crippen molar-refractivity contribution in [2.24, 2.45) is 0 Å². The first-order valence-electron chi connectivity index (χ1n) is 5.23. The molecule has 2 rings (SSSR count). The molecule has 1 N–H and O–H groups in total. The topological polar surface area (TPSA) is 37.8 Å². The quantitative estimate of drug-likeness (QED) is 0.852. The average Bonchev–Trinajstić information content (AvgIpc) is 2.28. The molecule has 0 spiro atoms. The van der Waals surface area contributed by atoms with Gasteiger partial charge in [-0.05, 0) is 18.2 Å². The molecule has 0 saturated carbocycles. The summed E-state index contributed by atoms with van der Waals surface area (Å²) in [6.07, 6.45) is 0.741. The van der Waals surface area contributed by atoms with Crippen LogP contribution in [0.1, 0.15) is 12.7 Å². The van der Waals surface area contributed by atoms with Crippen molar-refractivity contribution >= 4 is 34.7 Å². The van der Waals surface area contributed by atoms with Crippen molar-refractivity contribution < 1.29 is 0 Å². The van der Waals surface area contributed by atoms with E-state index in [-0.39, 0.29) is 0 Å². The molecule has 0 unspecified atom stereocenters. The van der Waals surface area contributed by atoms with Crippen LogP contribution in [0.2, 0.25) is 10.2 Å². The van der Waals surface area contributed by atoms with Gasteiger partial charge in [0.2, 0.25) is 0 Å². The van der Waals surface area contributed by atoms with Crippen molar-refractivity contribution in [3.8, 4) is 0 Å². The minimum Gasteiger partial charge on any atom is -0.340 e. The Bertz CT molecular complexity index is 529. The van der Waals surface area contributed by atoms with Crippen molar-refractivity contribution in [1.82, 2.24) is 9.97 Å². The Labute approximate surface area is 110 Å². The van der Waals surface area contributed by atoms with Crippen molar-refractivity contribution in [2.45, 2.75) is 13.3 Å². The minimum absolute atomic E-state index is 0.432. The Morgan fingerprint density at radius 2 is 2.00 bits per heavy atom. The van der Waals surface area contributed by atoms with Crippen LogP contribution in [0.3, 0.4) is 0 Å². The summed E-state index contributed by atoms with van der Waals surface area (Å²) in [4.78, 5) is 8.43. The van der Waals surface area contributed by atoms with E-state index in [0.717, 1.165) is 12.1 Å². The van der Waals surface area contributed by atoms with Gasteiger partial charge in [0, 0.05) is 23.2 Å². The molecular formula is C12H11Cl2N3. The molecule has 0 aliphatic rings. The van der Waals surface area contributed by atoms with Gasteiger partial charge in [0.1, 0.15) is 16.8 Å². The summed E-state index contributed by atoms with van der Waals surface area (Å²) in [5.41, 5.74) is 0.870. The number of aryl methyl sites for hydroxylation is 1. The van der Waals surface area contributed by atoms with Crippen LogP contribution in [0.5, 0.6) is 0 Å². The van der Waals surface area contributed by atoms with Crippen LogP contribution in [0.4, 0.5) is 11.5 Å². The van der Waals surface area contributed by atoms with E-state index in [9.17, 15) is 0 Å². The third kappa shape index (κ3) is 3.32. The van der Waals surface area contributed by atoms with Crippen molar-refractivity contribution in [2.75, 3.05) is 5.32 Å². The monoisotopic (exact) mass is 267 g/mol. The number of aromatic nitrogens is 2. The van der Waals surface area contributed by atoms with E-state index in [1.54, 1.807) is 6.07 Å². The van der Waals surface area contributed by atoms with Crippen LogP contribution < -0.4 is 5.32 Å². The summed E-state index contributed by atoms with van der Waals surface area (Å²) in [6, 6.07) is 9.10. The van der Waals surface area contributed by atoms with E-state index in [4.69, 9.17) is 23.2 Å². The van der Waals surface area contributed by atoms with Crippen LogP contribution in [-0.2, 0) is 6.42 Å². The van der Waals surface area contributed by atoms with Gasteiger partial charge in [-0.25, -0.2) is 9.97 Å². The Morgan fingerprint density at radius 1 is 1.18 bits per heavy atom. The van der Waals surface area contributed by atoms with Gasteiger partial charge in [-0.15, -0.1) is 0 Å². The number of nitrogens with zero attached hydrogens (tertiary/aromatic N) is 2. The minimum atomic E-state index is 0.432. The van der Waals surface area contributed by atoms with Crippen molar-refractivity contribution in [3.63, 3.8) is 0 Å². The van der Waals surface area contributed by atoms with Gasteiger partial charge in [-0.2, -0.15) is 0 Å². The molecule has 0 aliphatic carbocycles. The Hall–Kier alpha value is -1.32. The summed E-state index contributed by atoms with van der Waals surface area (Å²) >= 11 is 11.8. The lowest BCUT2D eigenvalue weighted by molar-refractivity contribution is 0.943. The molecule has 5 heteroatoms. The van der Waals surface area contributed by atoms with Crippen molar-refractivity contribution in [1.29, 1.82) is 0 Å². The van der Waals surface area contributed by atoms with Crippen LogP contribution in [-0.4, -0.2) is 9.97 Å². The number of nitrogens with one attached hydrogen (secondary N) is 1. The zero-order valence-electron chi connectivity index (χ0n) is 9.24. The SMILES string of the molecule is CCc1nc(Cl)cc(Nc2cccc(Cl)c2)n1. The van der Waals surface area contributed by atoms with Gasteiger partial charge in [-0.1, -0.05) is 36.2 Å². The highest BCUT2D eigenvalue weighted by molar-refractivity contribution is 6.31. The van der Waals surface area contributed by atoms with E-state index < -0.39 is 0 Å². The number of hydrogen-bond donors (Lipinski definition) is 1. The summed E-state index contributed by atoms with van der Waals surface area (Å²) in [7, 11) is 0. The second kappa shape index (κ2) is 5.34. The Morgan fingerprint density at radius 3 is 2.71 bits per heavy atom. The molecule has 1 heterocycles. The molecule has 2 aromatic rings. The summed E-state index contributed by atoms with van der Waals surface area (Å²) in [6.45, 7) is 1.98. The van der Waals surface area contributed by atoms with E-state index in [2.05, 4.69) is 15.3 Å². The van der Waals surface area contributed by atoms with Crippen LogP contribution >= 0.6 is 23.2 Å². The predicted molar refractivity (Wildman–Crippen MR) is 71.2 cm³/mol. The van der Waals surface area contributed by atoms with Gasteiger partial charge in [0.05, 0.1) is 0 Å². The zero-order valence-corrected chi connectivity index (χ0v) is 10.8. The van der Waals surface area contributed by atoms with E-state index in [0.29, 0.717) is 21.8 Å².